The normalized spacial score (nSPS) is 14.3. The Morgan fingerprint density at radius 2 is 1.47 bits per heavy atom. The first-order valence-corrected chi connectivity index (χ1v) is 12.3. The summed E-state index contributed by atoms with van der Waals surface area (Å²) in [7, 11) is 0. The topological polar surface area (TPSA) is 43.9 Å². The van der Waals surface area contributed by atoms with Crippen molar-refractivity contribution >= 4 is 11.8 Å². The molecule has 2 aromatic carbocycles. The van der Waals surface area contributed by atoms with Crippen molar-refractivity contribution in [1.82, 2.24) is 14.7 Å². The molecule has 0 N–H and O–H groups in total. The molecule has 0 aliphatic carbocycles. The third-order valence-electron chi connectivity index (χ3n) is 6.32. The molecule has 1 fully saturated rings. The lowest BCUT2D eigenvalue weighted by atomic mass is 10.1. The highest BCUT2D eigenvalue weighted by molar-refractivity contribution is 5.94. The van der Waals surface area contributed by atoms with Gasteiger partial charge in [0.25, 0.3) is 5.91 Å². The van der Waals surface area contributed by atoms with E-state index in [1.807, 2.05) is 4.90 Å². The summed E-state index contributed by atoms with van der Waals surface area (Å²) in [6.45, 7) is 6.62. The van der Waals surface area contributed by atoms with Gasteiger partial charge < -0.3 is 9.80 Å². The zero-order valence-corrected chi connectivity index (χ0v) is 20.0. The van der Waals surface area contributed by atoms with Crippen molar-refractivity contribution < 1.29 is 18.4 Å². The van der Waals surface area contributed by atoms with Crippen LogP contribution in [0.3, 0.4) is 0 Å². The van der Waals surface area contributed by atoms with E-state index >= 15 is 0 Å². The SMILES string of the molecule is CCCCCCC(=O)N1CCN(CCN(Cc2ccc(F)cc2)C(=O)c2ccc(F)cc2)CC1. The Bertz CT molecular complexity index is 910. The van der Waals surface area contributed by atoms with E-state index < -0.39 is 0 Å². The van der Waals surface area contributed by atoms with E-state index in [9.17, 15) is 18.4 Å². The van der Waals surface area contributed by atoms with E-state index in [1.54, 1.807) is 17.0 Å². The van der Waals surface area contributed by atoms with Crippen LogP contribution in [0.1, 0.15) is 54.9 Å². The molecule has 1 aliphatic heterocycles. The molecule has 0 aromatic heterocycles. The van der Waals surface area contributed by atoms with Crippen LogP contribution in [0.15, 0.2) is 48.5 Å². The molecular formula is C27H35F2N3O2. The van der Waals surface area contributed by atoms with E-state index in [1.165, 1.54) is 42.8 Å². The van der Waals surface area contributed by atoms with Gasteiger partial charge in [0.05, 0.1) is 0 Å². The summed E-state index contributed by atoms with van der Waals surface area (Å²) in [5, 5.41) is 0. The van der Waals surface area contributed by atoms with Crippen molar-refractivity contribution in [3.63, 3.8) is 0 Å². The fraction of sp³-hybridized carbons (Fsp3) is 0.481. The molecule has 0 spiro atoms. The van der Waals surface area contributed by atoms with Crippen LogP contribution in [0, 0.1) is 11.6 Å². The average molecular weight is 472 g/mol. The molecule has 0 bridgehead atoms. The lowest BCUT2D eigenvalue weighted by Gasteiger charge is -2.36. The van der Waals surface area contributed by atoms with Gasteiger partial charge in [-0.2, -0.15) is 0 Å². The number of rotatable bonds is 11. The number of hydrogen-bond donors (Lipinski definition) is 0. The first-order valence-electron chi connectivity index (χ1n) is 12.3. The summed E-state index contributed by atoms with van der Waals surface area (Å²) in [5.74, 6) is -0.664. The largest absolute Gasteiger partial charge is 0.340 e. The first-order chi connectivity index (χ1) is 16.5. The molecule has 0 atom stereocenters. The van der Waals surface area contributed by atoms with Crippen LogP contribution in [0.5, 0.6) is 0 Å². The number of hydrogen-bond acceptors (Lipinski definition) is 3. The molecule has 0 radical (unpaired) electrons. The van der Waals surface area contributed by atoms with Gasteiger partial charge >= 0.3 is 0 Å². The third kappa shape index (κ3) is 7.90. The van der Waals surface area contributed by atoms with Gasteiger partial charge in [-0.3, -0.25) is 14.5 Å². The molecule has 5 nitrogen and oxygen atoms in total. The highest BCUT2D eigenvalue weighted by atomic mass is 19.1. The maximum Gasteiger partial charge on any atom is 0.254 e. The van der Waals surface area contributed by atoms with Gasteiger partial charge in [0.1, 0.15) is 11.6 Å². The quantitative estimate of drug-likeness (QED) is 0.446. The second-order valence-corrected chi connectivity index (χ2v) is 8.89. The maximum atomic E-state index is 13.3. The maximum absolute atomic E-state index is 13.3. The molecule has 7 heteroatoms. The average Bonchev–Trinajstić information content (AvgIpc) is 2.86. The molecule has 1 saturated heterocycles. The Hall–Kier alpha value is -2.80. The predicted octanol–water partition coefficient (Wildman–Crippen LogP) is 4.72. The Kier molecular flexibility index (Phi) is 10.0. The molecular weight excluding hydrogens is 436 g/mol. The van der Waals surface area contributed by atoms with Crippen LogP contribution in [0.25, 0.3) is 0 Å². The van der Waals surface area contributed by atoms with Gasteiger partial charge in [-0.05, 0) is 48.4 Å². The zero-order valence-electron chi connectivity index (χ0n) is 20.0. The van der Waals surface area contributed by atoms with E-state index in [4.69, 9.17) is 0 Å². The third-order valence-corrected chi connectivity index (χ3v) is 6.32. The fourth-order valence-electron chi connectivity index (χ4n) is 4.18. The van der Waals surface area contributed by atoms with Gasteiger partial charge in [-0.1, -0.05) is 38.3 Å². The van der Waals surface area contributed by atoms with Gasteiger partial charge in [-0.15, -0.1) is 0 Å². The molecule has 184 valence electrons. The minimum absolute atomic E-state index is 0.190. The Balaban J connectivity index is 1.54. The second kappa shape index (κ2) is 13.2. The number of carbonyl (C=O) groups is 2. The van der Waals surface area contributed by atoms with E-state index in [2.05, 4.69) is 11.8 Å². The second-order valence-electron chi connectivity index (χ2n) is 8.89. The molecule has 2 aromatic rings. The van der Waals surface area contributed by atoms with Crippen molar-refractivity contribution in [2.24, 2.45) is 0 Å². The zero-order chi connectivity index (χ0) is 24.3. The van der Waals surface area contributed by atoms with Gasteiger partial charge in [0, 0.05) is 57.8 Å². The standard InChI is InChI=1S/C27H35F2N3O2/c1-2-3-4-5-6-26(33)31-18-15-30(16-19-31)17-20-32(21-22-7-11-24(28)12-8-22)27(34)23-9-13-25(29)14-10-23/h7-14H,2-6,15-21H2,1H3. The number of amides is 2. The Morgan fingerprint density at radius 3 is 2.09 bits per heavy atom. The van der Waals surface area contributed by atoms with Crippen molar-refractivity contribution in [3.8, 4) is 0 Å². The minimum Gasteiger partial charge on any atom is -0.340 e. The number of nitrogens with zero attached hydrogens (tertiary/aromatic N) is 3. The highest BCUT2D eigenvalue weighted by Crippen LogP contribution is 2.14. The van der Waals surface area contributed by atoms with Gasteiger partial charge in [0.2, 0.25) is 5.91 Å². The van der Waals surface area contributed by atoms with Crippen LogP contribution in [0.4, 0.5) is 8.78 Å². The summed E-state index contributed by atoms with van der Waals surface area (Å²) in [6, 6.07) is 11.6. The smallest absolute Gasteiger partial charge is 0.254 e. The molecule has 0 saturated carbocycles. The number of benzene rings is 2. The van der Waals surface area contributed by atoms with Crippen LogP contribution >= 0.6 is 0 Å². The molecule has 1 heterocycles. The van der Waals surface area contributed by atoms with E-state index in [0.717, 1.165) is 37.9 Å². The van der Waals surface area contributed by atoms with Crippen molar-refractivity contribution in [2.45, 2.75) is 45.6 Å². The first kappa shape index (κ1) is 25.8. The Morgan fingerprint density at radius 1 is 0.853 bits per heavy atom. The molecule has 2 amide bonds. The number of unbranched alkanes of at least 4 members (excludes halogenated alkanes) is 3. The van der Waals surface area contributed by atoms with Gasteiger partial charge in [0.15, 0.2) is 0 Å². The highest BCUT2D eigenvalue weighted by Gasteiger charge is 2.22. The molecule has 3 rings (SSSR count). The van der Waals surface area contributed by atoms with Crippen LogP contribution in [-0.2, 0) is 11.3 Å². The van der Waals surface area contributed by atoms with E-state index in [-0.39, 0.29) is 23.4 Å². The number of halogens is 2. The molecule has 34 heavy (non-hydrogen) atoms. The van der Waals surface area contributed by atoms with Crippen LogP contribution in [0.2, 0.25) is 0 Å². The molecule has 1 aliphatic rings. The number of carbonyl (C=O) groups excluding carboxylic acids is 2. The predicted molar refractivity (Wildman–Crippen MR) is 129 cm³/mol. The number of piperazine rings is 1. The lowest BCUT2D eigenvalue weighted by Crippen LogP contribution is -2.50. The van der Waals surface area contributed by atoms with Crippen molar-refractivity contribution in [3.05, 3.63) is 71.3 Å². The van der Waals surface area contributed by atoms with Crippen molar-refractivity contribution in [1.29, 1.82) is 0 Å². The van der Waals surface area contributed by atoms with Crippen LogP contribution < -0.4 is 0 Å². The summed E-state index contributed by atoms with van der Waals surface area (Å²) in [4.78, 5) is 31.5. The monoisotopic (exact) mass is 471 g/mol. The van der Waals surface area contributed by atoms with Crippen LogP contribution in [-0.4, -0.2) is 65.8 Å². The Labute approximate surface area is 201 Å². The van der Waals surface area contributed by atoms with Crippen molar-refractivity contribution in [2.75, 3.05) is 39.3 Å². The van der Waals surface area contributed by atoms with Gasteiger partial charge in [-0.25, -0.2) is 8.78 Å². The summed E-state index contributed by atoms with van der Waals surface area (Å²) >= 11 is 0. The van der Waals surface area contributed by atoms with E-state index in [0.29, 0.717) is 44.7 Å². The summed E-state index contributed by atoms with van der Waals surface area (Å²) < 4.78 is 26.6. The summed E-state index contributed by atoms with van der Waals surface area (Å²) in [6.07, 6.45) is 5.02. The fourth-order valence-corrected chi connectivity index (χ4v) is 4.18. The molecule has 0 unspecified atom stereocenters. The lowest BCUT2D eigenvalue weighted by molar-refractivity contribution is -0.133. The minimum atomic E-state index is -0.389. The summed E-state index contributed by atoms with van der Waals surface area (Å²) in [5.41, 5.74) is 1.25.